The number of rotatable bonds is 7. The normalized spacial score (nSPS) is 10.7. The first-order valence-corrected chi connectivity index (χ1v) is 7.83. The molecule has 1 aromatic carbocycles. The van der Waals surface area contributed by atoms with Crippen molar-refractivity contribution in [1.29, 1.82) is 0 Å². The summed E-state index contributed by atoms with van der Waals surface area (Å²) >= 11 is 0. The molecule has 1 heterocycles. The average molecular weight is 286 g/mol. The zero-order valence-electron chi connectivity index (χ0n) is 13.6. The van der Waals surface area contributed by atoms with Crippen LogP contribution in [0.5, 0.6) is 0 Å². The summed E-state index contributed by atoms with van der Waals surface area (Å²) in [6.45, 7) is 11.6. The Bertz CT molecular complexity index is 553. The van der Waals surface area contributed by atoms with Crippen molar-refractivity contribution in [3.05, 3.63) is 36.2 Å². The lowest BCUT2D eigenvalue weighted by Crippen LogP contribution is -2.21. The molecule has 1 aromatic heterocycles. The monoisotopic (exact) mass is 286 g/mol. The van der Waals surface area contributed by atoms with E-state index >= 15 is 0 Å². The molecule has 4 nitrogen and oxygen atoms in total. The summed E-state index contributed by atoms with van der Waals surface area (Å²) in [5.41, 5.74) is 3.39. The van der Waals surface area contributed by atoms with Gasteiger partial charge in [-0.3, -0.25) is 0 Å². The van der Waals surface area contributed by atoms with Crippen LogP contribution >= 0.6 is 0 Å². The van der Waals surface area contributed by atoms with E-state index in [-0.39, 0.29) is 0 Å². The van der Waals surface area contributed by atoms with E-state index in [2.05, 4.69) is 71.0 Å². The van der Waals surface area contributed by atoms with Gasteiger partial charge in [-0.05, 0) is 51.5 Å². The molecule has 1 N–H and O–H groups in total. The Hall–Kier alpha value is -1.97. The van der Waals surface area contributed by atoms with Crippen LogP contribution in [0.4, 0.5) is 17.3 Å². The molecule has 0 aliphatic rings. The zero-order chi connectivity index (χ0) is 15.2. The van der Waals surface area contributed by atoms with Crippen molar-refractivity contribution in [3.63, 3.8) is 0 Å². The van der Waals surface area contributed by atoms with Crippen LogP contribution < -0.4 is 10.2 Å². The maximum Gasteiger partial charge on any atom is 0.207 e. The second-order valence-corrected chi connectivity index (χ2v) is 5.24. The molecule has 0 spiro atoms. The smallest absolute Gasteiger partial charge is 0.207 e. The molecule has 0 atom stereocenters. The highest BCUT2D eigenvalue weighted by Crippen LogP contribution is 2.21. The van der Waals surface area contributed by atoms with Gasteiger partial charge in [0.25, 0.3) is 0 Å². The summed E-state index contributed by atoms with van der Waals surface area (Å²) in [6.07, 6.45) is 3.20. The van der Waals surface area contributed by atoms with Gasteiger partial charge in [-0.25, -0.2) is 4.98 Å². The largest absolute Gasteiger partial charge is 0.372 e. The summed E-state index contributed by atoms with van der Waals surface area (Å²) in [4.78, 5) is 6.90. The van der Waals surface area contributed by atoms with Gasteiger partial charge in [0.15, 0.2) is 0 Å². The topological polar surface area (TPSA) is 33.1 Å². The lowest BCUT2D eigenvalue weighted by atomic mass is 10.2. The maximum atomic E-state index is 4.56. The molecule has 2 rings (SSSR count). The molecule has 0 fully saturated rings. The van der Waals surface area contributed by atoms with Crippen LogP contribution in [0, 0.1) is 6.92 Å². The first kappa shape index (κ1) is 15.4. The predicted octanol–water partition coefficient (Wildman–Crippen LogP) is 4.19. The fourth-order valence-electron chi connectivity index (χ4n) is 2.53. The number of imidazole rings is 1. The van der Waals surface area contributed by atoms with Gasteiger partial charge in [-0.15, -0.1) is 0 Å². The van der Waals surface area contributed by atoms with Crippen molar-refractivity contribution in [3.8, 4) is 0 Å². The number of aryl methyl sites for hydroxylation is 2. The van der Waals surface area contributed by atoms with Gasteiger partial charge in [0.05, 0.1) is 5.69 Å². The summed E-state index contributed by atoms with van der Waals surface area (Å²) in [5, 5.41) is 3.41. The maximum absolute atomic E-state index is 4.56. The van der Waals surface area contributed by atoms with Crippen molar-refractivity contribution >= 4 is 17.3 Å². The molecule has 21 heavy (non-hydrogen) atoms. The van der Waals surface area contributed by atoms with Crippen LogP contribution in [0.15, 0.2) is 30.5 Å². The average Bonchev–Trinajstić information content (AvgIpc) is 2.82. The molecule has 0 saturated carbocycles. The van der Waals surface area contributed by atoms with E-state index in [0.29, 0.717) is 0 Å². The van der Waals surface area contributed by atoms with Crippen molar-refractivity contribution in [2.45, 2.75) is 40.7 Å². The van der Waals surface area contributed by atoms with E-state index in [1.165, 1.54) is 5.69 Å². The molecule has 0 radical (unpaired) electrons. The summed E-state index contributed by atoms with van der Waals surface area (Å²) < 4.78 is 2.17. The molecular formula is C17H26N4. The fraction of sp³-hybridized carbons (Fsp3) is 0.471. The van der Waals surface area contributed by atoms with Crippen molar-refractivity contribution in [2.75, 3.05) is 23.3 Å². The molecule has 0 unspecified atom stereocenters. The van der Waals surface area contributed by atoms with Gasteiger partial charge >= 0.3 is 0 Å². The Morgan fingerprint density at radius 2 is 1.76 bits per heavy atom. The first-order valence-electron chi connectivity index (χ1n) is 7.83. The van der Waals surface area contributed by atoms with E-state index < -0.39 is 0 Å². The molecule has 0 saturated heterocycles. The fourth-order valence-corrected chi connectivity index (χ4v) is 2.53. The number of anilines is 3. The van der Waals surface area contributed by atoms with E-state index in [9.17, 15) is 0 Å². The number of benzene rings is 1. The Morgan fingerprint density at radius 3 is 2.33 bits per heavy atom. The third-order valence-electron chi connectivity index (χ3n) is 3.61. The van der Waals surface area contributed by atoms with Crippen molar-refractivity contribution < 1.29 is 0 Å². The molecule has 4 heteroatoms. The van der Waals surface area contributed by atoms with E-state index in [4.69, 9.17) is 0 Å². The number of hydrogen-bond acceptors (Lipinski definition) is 3. The van der Waals surface area contributed by atoms with Crippen LogP contribution in [0.2, 0.25) is 0 Å². The van der Waals surface area contributed by atoms with Gasteiger partial charge in [-0.1, -0.05) is 6.92 Å². The van der Waals surface area contributed by atoms with Crippen LogP contribution in [-0.2, 0) is 6.54 Å². The summed E-state index contributed by atoms with van der Waals surface area (Å²) in [6, 6.07) is 8.56. The molecular weight excluding hydrogens is 260 g/mol. The Labute approximate surface area is 127 Å². The lowest BCUT2D eigenvalue weighted by Gasteiger charge is -2.21. The van der Waals surface area contributed by atoms with E-state index in [1.807, 2.05) is 6.92 Å². The number of nitrogens with zero attached hydrogens (tertiary/aromatic N) is 3. The summed E-state index contributed by atoms with van der Waals surface area (Å²) in [5.74, 6) is 0.921. The zero-order valence-corrected chi connectivity index (χ0v) is 13.6. The van der Waals surface area contributed by atoms with Gasteiger partial charge in [0.1, 0.15) is 0 Å². The van der Waals surface area contributed by atoms with Gasteiger partial charge in [0, 0.05) is 37.2 Å². The highest BCUT2D eigenvalue weighted by atomic mass is 15.2. The minimum absolute atomic E-state index is 0.921. The van der Waals surface area contributed by atoms with Crippen LogP contribution in [-0.4, -0.2) is 22.6 Å². The molecule has 0 bridgehead atoms. The van der Waals surface area contributed by atoms with Gasteiger partial charge in [0.2, 0.25) is 5.95 Å². The minimum Gasteiger partial charge on any atom is -0.372 e. The number of aromatic nitrogens is 2. The molecule has 0 aliphatic heterocycles. The molecule has 0 amide bonds. The second kappa shape index (κ2) is 7.16. The Morgan fingerprint density at radius 1 is 1.10 bits per heavy atom. The third kappa shape index (κ3) is 3.78. The Kier molecular flexibility index (Phi) is 5.26. The van der Waals surface area contributed by atoms with E-state index in [0.717, 1.165) is 43.4 Å². The highest BCUT2D eigenvalue weighted by molar-refractivity contribution is 5.59. The number of hydrogen-bond donors (Lipinski definition) is 1. The quantitative estimate of drug-likeness (QED) is 0.828. The third-order valence-corrected chi connectivity index (χ3v) is 3.61. The molecule has 2 aromatic rings. The standard InChI is InChI=1S/C17H26N4/c1-5-12-21-13-14(4)18-17(21)19-15-8-10-16(11-9-15)20(6-2)7-3/h8-11,13H,5-7,12H2,1-4H3,(H,18,19). The highest BCUT2D eigenvalue weighted by Gasteiger charge is 2.06. The molecule has 114 valence electrons. The minimum atomic E-state index is 0.921. The molecule has 0 aliphatic carbocycles. The van der Waals surface area contributed by atoms with Crippen molar-refractivity contribution in [2.24, 2.45) is 0 Å². The van der Waals surface area contributed by atoms with Crippen molar-refractivity contribution in [1.82, 2.24) is 9.55 Å². The Balaban J connectivity index is 2.13. The van der Waals surface area contributed by atoms with Gasteiger partial charge in [-0.2, -0.15) is 0 Å². The first-order chi connectivity index (χ1) is 10.2. The van der Waals surface area contributed by atoms with Gasteiger partial charge < -0.3 is 14.8 Å². The number of nitrogens with one attached hydrogen (secondary N) is 1. The van der Waals surface area contributed by atoms with Crippen LogP contribution in [0.3, 0.4) is 0 Å². The summed E-state index contributed by atoms with van der Waals surface area (Å²) in [7, 11) is 0. The van der Waals surface area contributed by atoms with Crippen LogP contribution in [0.1, 0.15) is 32.9 Å². The SMILES string of the molecule is CCCn1cc(C)nc1Nc1ccc(N(CC)CC)cc1. The lowest BCUT2D eigenvalue weighted by molar-refractivity contribution is 0.686. The second-order valence-electron chi connectivity index (χ2n) is 5.24. The van der Waals surface area contributed by atoms with E-state index in [1.54, 1.807) is 0 Å². The predicted molar refractivity (Wildman–Crippen MR) is 90.5 cm³/mol. The van der Waals surface area contributed by atoms with Crippen LogP contribution in [0.25, 0.3) is 0 Å².